The lowest BCUT2D eigenvalue weighted by Gasteiger charge is -2.13. The van der Waals surface area contributed by atoms with Gasteiger partial charge in [-0.05, 0) is 42.2 Å². The van der Waals surface area contributed by atoms with Crippen molar-refractivity contribution in [3.8, 4) is 0 Å². The van der Waals surface area contributed by atoms with Crippen LogP contribution in [-0.4, -0.2) is 31.0 Å². The number of hydrogen-bond donors (Lipinski definition) is 3. The van der Waals surface area contributed by atoms with Gasteiger partial charge in [-0.2, -0.15) is 11.3 Å². The van der Waals surface area contributed by atoms with Gasteiger partial charge in [-0.1, -0.05) is 12.8 Å². The second-order valence-electron chi connectivity index (χ2n) is 5.55. The highest BCUT2D eigenvalue weighted by atomic mass is 127. The summed E-state index contributed by atoms with van der Waals surface area (Å²) in [6.07, 6.45) is 5.22. The Hall–Kier alpha value is -0.830. The van der Waals surface area contributed by atoms with Gasteiger partial charge in [0, 0.05) is 25.6 Å². The Morgan fingerprint density at radius 2 is 2.13 bits per heavy atom. The molecule has 1 aromatic rings. The lowest BCUT2D eigenvalue weighted by atomic mass is 10.2. The molecule has 23 heavy (non-hydrogen) atoms. The maximum atomic E-state index is 11.9. The Kier molecular flexibility index (Phi) is 10.3. The van der Waals surface area contributed by atoms with Crippen molar-refractivity contribution in [2.75, 3.05) is 13.1 Å². The highest BCUT2D eigenvalue weighted by Gasteiger charge is 2.16. The molecule has 3 N–H and O–H groups in total. The Bertz CT molecular complexity index is 472. The Balaban J connectivity index is 0.00000264. The normalized spacial score (nSPS) is 15.1. The molecule has 0 unspecified atom stereocenters. The number of aliphatic imine (C=N–C) groups is 1. The summed E-state index contributed by atoms with van der Waals surface area (Å²) >= 11 is 1.68. The highest BCUT2D eigenvalue weighted by molar-refractivity contribution is 14.0. The maximum Gasteiger partial charge on any atom is 0.221 e. The average Bonchev–Trinajstić information content (AvgIpc) is 3.18. The zero-order valence-corrected chi connectivity index (χ0v) is 16.8. The van der Waals surface area contributed by atoms with Crippen molar-refractivity contribution in [2.45, 2.75) is 51.6 Å². The molecular formula is C16H27IN4OS. The van der Waals surface area contributed by atoms with Crippen LogP contribution in [0.4, 0.5) is 0 Å². The van der Waals surface area contributed by atoms with Gasteiger partial charge in [-0.15, -0.1) is 24.0 Å². The summed E-state index contributed by atoms with van der Waals surface area (Å²) < 4.78 is 0. The maximum absolute atomic E-state index is 11.9. The largest absolute Gasteiger partial charge is 0.357 e. The predicted molar refractivity (Wildman–Crippen MR) is 108 cm³/mol. The van der Waals surface area contributed by atoms with E-state index >= 15 is 0 Å². The van der Waals surface area contributed by atoms with Crippen molar-refractivity contribution in [2.24, 2.45) is 4.99 Å². The standard InChI is InChI=1S/C16H26N4OS.HI/c1-2-17-16(19-11-13-8-10-22-12-13)18-9-7-15(21)20-14-5-3-4-6-14;/h8,10,12,14H,2-7,9,11H2,1H3,(H,20,21)(H2,17,18,19);1H. The number of amides is 1. The molecule has 1 aliphatic rings. The molecule has 0 bridgehead atoms. The Morgan fingerprint density at radius 1 is 1.35 bits per heavy atom. The van der Waals surface area contributed by atoms with E-state index in [9.17, 15) is 4.79 Å². The summed E-state index contributed by atoms with van der Waals surface area (Å²) in [6, 6.07) is 2.47. The van der Waals surface area contributed by atoms with E-state index in [2.05, 4.69) is 37.8 Å². The number of carbonyl (C=O) groups is 1. The van der Waals surface area contributed by atoms with Gasteiger partial charge in [0.15, 0.2) is 5.96 Å². The van der Waals surface area contributed by atoms with Crippen LogP contribution in [0.15, 0.2) is 21.8 Å². The first-order valence-electron chi connectivity index (χ1n) is 8.10. The van der Waals surface area contributed by atoms with E-state index in [0.717, 1.165) is 25.3 Å². The third-order valence-electron chi connectivity index (χ3n) is 3.71. The number of guanidine groups is 1. The van der Waals surface area contributed by atoms with Crippen molar-refractivity contribution in [3.63, 3.8) is 0 Å². The topological polar surface area (TPSA) is 65.5 Å². The summed E-state index contributed by atoms with van der Waals surface area (Å²) in [7, 11) is 0. The average molecular weight is 450 g/mol. The van der Waals surface area contributed by atoms with E-state index in [1.807, 2.05) is 6.92 Å². The van der Waals surface area contributed by atoms with Crippen LogP contribution in [0.25, 0.3) is 0 Å². The first-order chi connectivity index (χ1) is 10.8. The summed E-state index contributed by atoms with van der Waals surface area (Å²) in [6.45, 7) is 4.11. The van der Waals surface area contributed by atoms with Crippen LogP contribution in [0.3, 0.4) is 0 Å². The molecule has 0 atom stereocenters. The van der Waals surface area contributed by atoms with Crippen LogP contribution in [0.5, 0.6) is 0 Å². The molecule has 2 rings (SSSR count). The zero-order valence-electron chi connectivity index (χ0n) is 13.6. The third-order valence-corrected chi connectivity index (χ3v) is 4.44. The van der Waals surface area contributed by atoms with Crippen molar-refractivity contribution < 1.29 is 4.79 Å². The monoisotopic (exact) mass is 450 g/mol. The number of hydrogen-bond acceptors (Lipinski definition) is 3. The van der Waals surface area contributed by atoms with Gasteiger partial charge < -0.3 is 16.0 Å². The van der Waals surface area contributed by atoms with Crippen molar-refractivity contribution >= 4 is 47.2 Å². The number of carbonyl (C=O) groups excluding carboxylic acids is 1. The Morgan fingerprint density at radius 3 is 2.78 bits per heavy atom. The predicted octanol–water partition coefficient (Wildman–Crippen LogP) is 2.87. The van der Waals surface area contributed by atoms with E-state index in [-0.39, 0.29) is 29.9 Å². The van der Waals surface area contributed by atoms with E-state index in [1.54, 1.807) is 11.3 Å². The summed E-state index contributed by atoms with van der Waals surface area (Å²) in [4.78, 5) is 16.4. The van der Waals surface area contributed by atoms with Gasteiger partial charge in [0.25, 0.3) is 0 Å². The fourth-order valence-corrected chi connectivity index (χ4v) is 3.22. The molecule has 7 heteroatoms. The van der Waals surface area contributed by atoms with Crippen LogP contribution in [0.1, 0.15) is 44.6 Å². The van der Waals surface area contributed by atoms with Crippen molar-refractivity contribution in [1.82, 2.24) is 16.0 Å². The van der Waals surface area contributed by atoms with Gasteiger partial charge in [0.05, 0.1) is 6.54 Å². The molecule has 0 aromatic carbocycles. The Labute approximate surface area is 159 Å². The van der Waals surface area contributed by atoms with E-state index in [0.29, 0.717) is 25.6 Å². The fraction of sp³-hybridized carbons (Fsp3) is 0.625. The quantitative estimate of drug-likeness (QED) is 0.340. The molecule has 5 nitrogen and oxygen atoms in total. The molecule has 1 fully saturated rings. The molecule has 0 radical (unpaired) electrons. The van der Waals surface area contributed by atoms with Crippen LogP contribution >= 0.6 is 35.3 Å². The van der Waals surface area contributed by atoms with Gasteiger partial charge in [-0.3, -0.25) is 4.79 Å². The minimum atomic E-state index is 0. The van der Waals surface area contributed by atoms with E-state index in [1.165, 1.54) is 18.4 Å². The molecule has 0 saturated heterocycles. The van der Waals surface area contributed by atoms with Crippen LogP contribution in [0.2, 0.25) is 0 Å². The number of halogens is 1. The minimum absolute atomic E-state index is 0. The summed E-state index contributed by atoms with van der Waals surface area (Å²) in [5.74, 6) is 0.899. The molecule has 1 aromatic heterocycles. The first kappa shape index (κ1) is 20.2. The zero-order chi connectivity index (χ0) is 15.6. The van der Waals surface area contributed by atoms with Crippen molar-refractivity contribution in [3.05, 3.63) is 22.4 Å². The molecule has 1 saturated carbocycles. The molecule has 0 aliphatic heterocycles. The fourth-order valence-electron chi connectivity index (χ4n) is 2.56. The number of nitrogens with zero attached hydrogens (tertiary/aromatic N) is 1. The second-order valence-corrected chi connectivity index (χ2v) is 6.33. The summed E-state index contributed by atoms with van der Waals surface area (Å²) in [5.41, 5.74) is 1.21. The first-order valence-corrected chi connectivity index (χ1v) is 9.05. The van der Waals surface area contributed by atoms with Gasteiger partial charge >= 0.3 is 0 Å². The van der Waals surface area contributed by atoms with Crippen LogP contribution in [-0.2, 0) is 11.3 Å². The molecule has 1 heterocycles. The lowest BCUT2D eigenvalue weighted by Crippen LogP contribution is -2.40. The second kappa shape index (κ2) is 11.7. The highest BCUT2D eigenvalue weighted by Crippen LogP contribution is 2.17. The number of rotatable bonds is 7. The van der Waals surface area contributed by atoms with Gasteiger partial charge in [0.2, 0.25) is 5.91 Å². The van der Waals surface area contributed by atoms with Gasteiger partial charge in [0.1, 0.15) is 0 Å². The minimum Gasteiger partial charge on any atom is -0.357 e. The lowest BCUT2D eigenvalue weighted by molar-refractivity contribution is -0.121. The van der Waals surface area contributed by atoms with Crippen molar-refractivity contribution in [1.29, 1.82) is 0 Å². The van der Waals surface area contributed by atoms with E-state index in [4.69, 9.17) is 0 Å². The molecule has 1 amide bonds. The number of thiophene rings is 1. The molecule has 130 valence electrons. The molecular weight excluding hydrogens is 423 g/mol. The van der Waals surface area contributed by atoms with Crippen LogP contribution < -0.4 is 16.0 Å². The van der Waals surface area contributed by atoms with E-state index < -0.39 is 0 Å². The van der Waals surface area contributed by atoms with Gasteiger partial charge in [-0.25, -0.2) is 4.99 Å². The van der Waals surface area contributed by atoms with Crippen LogP contribution in [0, 0.1) is 0 Å². The molecule has 0 spiro atoms. The smallest absolute Gasteiger partial charge is 0.221 e. The molecule has 1 aliphatic carbocycles. The summed E-state index contributed by atoms with van der Waals surface area (Å²) in [5, 5.41) is 13.7. The SMILES string of the molecule is CCNC(=NCc1ccsc1)NCCC(=O)NC1CCCC1.I. The number of nitrogens with one attached hydrogen (secondary N) is 3. The third kappa shape index (κ3) is 8.01.